The third-order valence-electron chi connectivity index (χ3n) is 5.34. The van der Waals surface area contributed by atoms with Crippen LogP contribution in [0.15, 0.2) is 41.3 Å². The Morgan fingerprint density at radius 3 is 2.37 bits per heavy atom. The van der Waals surface area contributed by atoms with Gasteiger partial charge in [-0.3, -0.25) is 4.98 Å². The average molecular weight is 389 g/mol. The zero-order valence-electron chi connectivity index (χ0n) is 16.0. The van der Waals surface area contributed by atoms with E-state index in [9.17, 15) is 13.5 Å². The zero-order valence-corrected chi connectivity index (χ0v) is 16.8. The molecule has 3 rings (SSSR count). The highest BCUT2D eigenvalue weighted by Gasteiger charge is 2.18. The average Bonchev–Trinajstić information content (AvgIpc) is 2.67. The maximum atomic E-state index is 12.6. The van der Waals surface area contributed by atoms with Crippen LogP contribution in [0.3, 0.4) is 0 Å². The second-order valence-corrected chi connectivity index (χ2v) is 9.15. The quantitative estimate of drug-likeness (QED) is 0.785. The lowest BCUT2D eigenvalue weighted by Gasteiger charge is -2.22. The van der Waals surface area contributed by atoms with Crippen LogP contribution in [0, 0.1) is 6.92 Å². The predicted molar refractivity (Wildman–Crippen MR) is 106 cm³/mol. The second-order valence-electron chi connectivity index (χ2n) is 7.38. The summed E-state index contributed by atoms with van der Waals surface area (Å²) in [5.74, 6) is 0.558. The molecule has 0 spiro atoms. The molecule has 0 radical (unpaired) electrons. The number of aliphatic hydroxyl groups excluding tert-OH is 1. The van der Waals surface area contributed by atoms with Crippen LogP contribution in [0.1, 0.15) is 73.6 Å². The van der Waals surface area contributed by atoms with Gasteiger partial charge in [0.05, 0.1) is 23.2 Å². The highest BCUT2D eigenvalue weighted by Crippen LogP contribution is 2.32. The van der Waals surface area contributed by atoms with E-state index in [0.29, 0.717) is 17.3 Å². The summed E-state index contributed by atoms with van der Waals surface area (Å²) in [5.41, 5.74) is 3.32. The molecule has 1 aromatic carbocycles. The molecular formula is C21H28N2O3S. The molecule has 0 bridgehead atoms. The van der Waals surface area contributed by atoms with Gasteiger partial charge in [-0.1, -0.05) is 37.5 Å². The Morgan fingerprint density at radius 2 is 1.78 bits per heavy atom. The van der Waals surface area contributed by atoms with Crippen molar-refractivity contribution in [2.24, 2.45) is 0 Å². The molecule has 0 amide bonds. The van der Waals surface area contributed by atoms with Gasteiger partial charge in [-0.15, -0.1) is 0 Å². The van der Waals surface area contributed by atoms with Crippen LogP contribution in [0.4, 0.5) is 0 Å². The molecule has 1 aliphatic carbocycles. The van der Waals surface area contributed by atoms with Gasteiger partial charge in [-0.05, 0) is 56.4 Å². The molecule has 2 N–H and O–H groups in total. The van der Waals surface area contributed by atoms with Crippen molar-refractivity contribution in [3.8, 4) is 0 Å². The Kier molecular flexibility index (Phi) is 6.29. The van der Waals surface area contributed by atoms with Crippen LogP contribution in [0.25, 0.3) is 0 Å². The van der Waals surface area contributed by atoms with Gasteiger partial charge >= 0.3 is 0 Å². The molecule has 1 unspecified atom stereocenters. The molecule has 5 nitrogen and oxygen atoms in total. The zero-order chi connectivity index (χ0) is 19.4. The van der Waals surface area contributed by atoms with Crippen LogP contribution < -0.4 is 4.72 Å². The molecule has 2 aromatic rings. The summed E-state index contributed by atoms with van der Waals surface area (Å²) >= 11 is 0. The minimum atomic E-state index is -3.58. The van der Waals surface area contributed by atoms with Gasteiger partial charge in [0.15, 0.2) is 0 Å². The SMILES string of the molecule is Cc1nc(CNS(=O)(=O)c2ccc(C3CCCCC3)cc2)ccc1C(C)O. The molecule has 1 aromatic heterocycles. The number of sulfonamides is 1. The summed E-state index contributed by atoms with van der Waals surface area (Å²) in [7, 11) is -3.58. The van der Waals surface area contributed by atoms with Crippen LogP contribution in [0.2, 0.25) is 0 Å². The highest BCUT2D eigenvalue weighted by atomic mass is 32.2. The molecule has 6 heteroatoms. The third kappa shape index (κ3) is 4.94. The molecule has 1 fully saturated rings. The maximum absolute atomic E-state index is 12.6. The van der Waals surface area contributed by atoms with Crippen LogP contribution in [-0.4, -0.2) is 18.5 Å². The van der Waals surface area contributed by atoms with E-state index in [-0.39, 0.29) is 11.4 Å². The summed E-state index contributed by atoms with van der Waals surface area (Å²) in [6.07, 6.45) is 5.61. The Labute approximate surface area is 161 Å². The lowest BCUT2D eigenvalue weighted by Crippen LogP contribution is -2.24. The Bertz CT molecular complexity index is 871. The molecule has 1 aliphatic rings. The van der Waals surface area contributed by atoms with E-state index >= 15 is 0 Å². The molecule has 0 aliphatic heterocycles. The Hall–Kier alpha value is -1.76. The molecule has 1 heterocycles. The number of benzene rings is 1. The number of nitrogens with one attached hydrogen (secondary N) is 1. The number of aliphatic hydroxyl groups is 1. The van der Waals surface area contributed by atoms with Gasteiger partial charge in [-0.25, -0.2) is 13.1 Å². The van der Waals surface area contributed by atoms with Gasteiger partial charge < -0.3 is 5.11 Å². The molecule has 27 heavy (non-hydrogen) atoms. The largest absolute Gasteiger partial charge is 0.389 e. The van der Waals surface area contributed by atoms with Gasteiger partial charge in [0, 0.05) is 11.3 Å². The summed E-state index contributed by atoms with van der Waals surface area (Å²) in [6, 6.07) is 10.8. The van der Waals surface area contributed by atoms with E-state index in [2.05, 4.69) is 9.71 Å². The smallest absolute Gasteiger partial charge is 0.240 e. The van der Waals surface area contributed by atoms with E-state index in [0.717, 1.165) is 5.56 Å². The predicted octanol–water partition coefficient (Wildman–Crippen LogP) is 3.97. The fourth-order valence-corrected chi connectivity index (χ4v) is 4.77. The lowest BCUT2D eigenvalue weighted by molar-refractivity contribution is 0.198. The number of nitrogens with zero attached hydrogens (tertiary/aromatic N) is 1. The van der Waals surface area contributed by atoms with E-state index in [4.69, 9.17) is 0 Å². The first-order valence-electron chi connectivity index (χ1n) is 9.61. The molecule has 1 saturated carbocycles. The first-order valence-corrected chi connectivity index (χ1v) is 11.1. The van der Waals surface area contributed by atoms with Gasteiger partial charge in [-0.2, -0.15) is 0 Å². The summed E-state index contributed by atoms with van der Waals surface area (Å²) < 4.78 is 27.8. The number of aromatic nitrogens is 1. The van der Waals surface area contributed by atoms with Crippen LogP contribution >= 0.6 is 0 Å². The number of hydrogen-bond acceptors (Lipinski definition) is 4. The molecule has 1 atom stereocenters. The van der Waals surface area contributed by atoms with Crippen LogP contribution in [0.5, 0.6) is 0 Å². The van der Waals surface area contributed by atoms with E-state index in [1.165, 1.54) is 37.7 Å². The van der Waals surface area contributed by atoms with Crippen molar-refractivity contribution in [2.45, 2.75) is 69.4 Å². The monoisotopic (exact) mass is 388 g/mol. The van der Waals surface area contributed by atoms with Gasteiger partial charge in [0.2, 0.25) is 10.0 Å². The van der Waals surface area contributed by atoms with Crippen molar-refractivity contribution >= 4 is 10.0 Å². The van der Waals surface area contributed by atoms with E-state index < -0.39 is 16.1 Å². The van der Waals surface area contributed by atoms with Crippen molar-refractivity contribution in [1.82, 2.24) is 9.71 Å². The van der Waals surface area contributed by atoms with Crippen molar-refractivity contribution < 1.29 is 13.5 Å². The molecular weight excluding hydrogens is 360 g/mol. The minimum absolute atomic E-state index is 0.119. The van der Waals surface area contributed by atoms with Crippen LogP contribution in [-0.2, 0) is 16.6 Å². The summed E-state index contributed by atoms with van der Waals surface area (Å²) in [4.78, 5) is 4.66. The van der Waals surface area contributed by atoms with Crippen molar-refractivity contribution in [3.63, 3.8) is 0 Å². The lowest BCUT2D eigenvalue weighted by atomic mass is 9.84. The minimum Gasteiger partial charge on any atom is -0.389 e. The number of rotatable bonds is 6. The Morgan fingerprint density at radius 1 is 1.11 bits per heavy atom. The first kappa shape index (κ1) is 20.0. The number of hydrogen-bond donors (Lipinski definition) is 2. The maximum Gasteiger partial charge on any atom is 0.240 e. The fraction of sp³-hybridized carbons (Fsp3) is 0.476. The molecule has 146 valence electrons. The van der Waals surface area contributed by atoms with Gasteiger partial charge in [0.1, 0.15) is 0 Å². The Balaban J connectivity index is 1.66. The van der Waals surface area contributed by atoms with E-state index in [1.54, 1.807) is 31.2 Å². The summed E-state index contributed by atoms with van der Waals surface area (Å²) in [6.45, 7) is 3.61. The van der Waals surface area contributed by atoms with Crippen molar-refractivity contribution in [1.29, 1.82) is 0 Å². The van der Waals surface area contributed by atoms with Crippen molar-refractivity contribution in [2.75, 3.05) is 0 Å². The standard InChI is InChI=1S/C21H28N2O3S/c1-15-21(16(2)24)13-10-19(23-15)14-22-27(25,26)20-11-8-18(9-12-20)17-6-4-3-5-7-17/h8-13,16-17,22,24H,3-7,14H2,1-2H3. The first-order chi connectivity index (χ1) is 12.9. The highest BCUT2D eigenvalue weighted by molar-refractivity contribution is 7.89. The normalized spacial score (nSPS) is 17.0. The topological polar surface area (TPSA) is 79.3 Å². The number of pyridine rings is 1. The fourth-order valence-electron chi connectivity index (χ4n) is 3.77. The second kappa shape index (κ2) is 8.50. The van der Waals surface area contributed by atoms with E-state index in [1.807, 2.05) is 19.1 Å². The molecule has 0 saturated heterocycles. The summed E-state index contributed by atoms with van der Waals surface area (Å²) in [5, 5.41) is 9.67. The van der Waals surface area contributed by atoms with Crippen molar-refractivity contribution in [3.05, 3.63) is 58.9 Å². The third-order valence-corrected chi connectivity index (χ3v) is 6.76. The van der Waals surface area contributed by atoms with Gasteiger partial charge in [0.25, 0.3) is 0 Å². The number of aryl methyl sites for hydroxylation is 1.